The summed E-state index contributed by atoms with van der Waals surface area (Å²) in [6.45, 7) is 6.31. The Morgan fingerprint density at radius 3 is 2.59 bits per heavy atom. The molecule has 0 radical (unpaired) electrons. The van der Waals surface area contributed by atoms with Crippen LogP contribution in [0.4, 0.5) is 0 Å². The third kappa shape index (κ3) is 4.66. The summed E-state index contributed by atoms with van der Waals surface area (Å²) in [5.74, 6) is 0.683. The average molecular weight is 319 g/mol. The molecule has 3 rings (SSSR count). The maximum atomic E-state index is 10.9. The molecule has 1 aromatic carbocycles. The quantitative estimate of drug-likeness (QED) is 0.879. The first-order valence-electron chi connectivity index (χ1n) is 7.40. The number of para-hydroxylation sites is 1. The largest absolute Gasteiger partial charge is 0.492 e. The highest BCUT2D eigenvalue weighted by atomic mass is 32.1. The van der Waals surface area contributed by atoms with E-state index in [9.17, 15) is 4.79 Å². The van der Waals surface area contributed by atoms with Crippen LogP contribution in [0.5, 0.6) is 5.75 Å². The number of aldehydes is 1. The normalized spacial score (nSPS) is 13.9. The van der Waals surface area contributed by atoms with Crippen molar-refractivity contribution in [2.75, 3.05) is 32.9 Å². The van der Waals surface area contributed by atoms with Gasteiger partial charge in [0.2, 0.25) is 0 Å². The van der Waals surface area contributed by atoms with Gasteiger partial charge in [-0.25, -0.2) is 0 Å². The molecule has 0 amide bonds. The monoisotopic (exact) mass is 319 g/mol. The van der Waals surface area contributed by atoms with Gasteiger partial charge in [-0.3, -0.25) is 4.79 Å². The van der Waals surface area contributed by atoms with E-state index in [0.717, 1.165) is 43.0 Å². The third-order valence-corrected chi connectivity index (χ3v) is 4.00. The maximum absolute atomic E-state index is 10.9. The van der Waals surface area contributed by atoms with Gasteiger partial charge in [-0.1, -0.05) is 12.1 Å². The zero-order chi connectivity index (χ0) is 15.6. The molecule has 1 fully saturated rings. The van der Waals surface area contributed by atoms with Crippen molar-refractivity contribution in [3.05, 3.63) is 41.3 Å². The van der Waals surface area contributed by atoms with Crippen LogP contribution in [0.25, 0.3) is 10.4 Å². The molecule has 1 aliphatic heterocycles. The Bertz CT molecular complexity index is 554. The molecule has 1 aliphatic rings. The Hall–Kier alpha value is -1.69. The first-order chi connectivity index (χ1) is 10.9. The summed E-state index contributed by atoms with van der Waals surface area (Å²) in [7, 11) is 0. The van der Waals surface area contributed by atoms with E-state index in [4.69, 9.17) is 9.47 Å². The van der Waals surface area contributed by atoms with Crippen molar-refractivity contribution in [1.82, 2.24) is 5.32 Å². The van der Waals surface area contributed by atoms with Crippen molar-refractivity contribution >= 4 is 17.6 Å². The van der Waals surface area contributed by atoms with Crippen LogP contribution >= 0.6 is 11.3 Å². The number of hydrogen-bond acceptors (Lipinski definition) is 5. The summed E-state index contributed by atoms with van der Waals surface area (Å²) < 4.78 is 10.6. The lowest BCUT2D eigenvalue weighted by Crippen LogP contribution is -2.30. The molecular weight excluding hydrogens is 298 g/mol. The van der Waals surface area contributed by atoms with Gasteiger partial charge in [-0.05, 0) is 30.5 Å². The molecule has 0 spiro atoms. The summed E-state index contributed by atoms with van der Waals surface area (Å²) in [4.78, 5) is 12.1. The highest BCUT2D eigenvalue weighted by Gasteiger charge is 2.11. The third-order valence-electron chi connectivity index (χ3n) is 3.09. The zero-order valence-corrected chi connectivity index (χ0v) is 13.5. The number of rotatable bonds is 4. The Labute approximate surface area is 135 Å². The first kappa shape index (κ1) is 16.7. The molecule has 0 atom stereocenters. The fourth-order valence-corrected chi connectivity index (χ4v) is 2.84. The smallest absolute Gasteiger partial charge is 0.153 e. The summed E-state index contributed by atoms with van der Waals surface area (Å²) in [5.41, 5.74) is 1.59. The number of hydrogen-bond donors (Lipinski definition) is 1. The molecule has 0 saturated carbocycles. The van der Waals surface area contributed by atoms with Crippen molar-refractivity contribution in [3.8, 4) is 16.2 Å². The van der Waals surface area contributed by atoms with E-state index in [0.29, 0.717) is 17.9 Å². The summed E-state index contributed by atoms with van der Waals surface area (Å²) in [5, 5.41) is 5.17. The highest BCUT2D eigenvalue weighted by molar-refractivity contribution is 7.13. The number of carbonyl (C=O) groups excluding carboxylic acids is 1. The second-order valence-corrected chi connectivity index (χ2v) is 5.56. The number of ether oxygens (including phenoxy) is 2. The van der Waals surface area contributed by atoms with Gasteiger partial charge in [0, 0.05) is 23.5 Å². The molecule has 118 valence electrons. The number of carbonyl (C=O) groups is 1. The molecule has 0 unspecified atom stereocenters. The molecule has 0 bridgehead atoms. The molecule has 1 N–H and O–H groups in total. The van der Waals surface area contributed by atoms with Crippen LogP contribution in [-0.4, -0.2) is 39.2 Å². The van der Waals surface area contributed by atoms with Gasteiger partial charge < -0.3 is 14.8 Å². The van der Waals surface area contributed by atoms with Crippen LogP contribution in [0.15, 0.2) is 35.7 Å². The van der Waals surface area contributed by atoms with Crippen molar-refractivity contribution in [3.63, 3.8) is 0 Å². The van der Waals surface area contributed by atoms with Gasteiger partial charge in [0.15, 0.2) is 6.29 Å². The second-order valence-electron chi connectivity index (χ2n) is 4.61. The van der Waals surface area contributed by atoms with Gasteiger partial charge in [0.1, 0.15) is 5.75 Å². The van der Waals surface area contributed by atoms with Crippen LogP contribution in [0.3, 0.4) is 0 Å². The van der Waals surface area contributed by atoms with Crippen molar-refractivity contribution in [2.24, 2.45) is 0 Å². The van der Waals surface area contributed by atoms with E-state index in [1.807, 2.05) is 36.6 Å². The fraction of sp³-hybridized carbons (Fsp3) is 0.353. The fourth-order valence-electron chi connectivity index (χ4n) is 2.09. The van der Waals surface area contributed by atoms with Gasteiger partial charge in [0.05, 0.1) is 25.4 Å². The molecule has 4 nitrogen and oxygen atoms in total. The number of morpholine rings is 1. The molecule has 5 heteroatoms. The van der Waals surface area contributed by atoms with Crippen LogP contribution in [0.1, 0.15) is 17.3 Å². The summed E-state index contributed by atoms with van der Waals surface area (Å²) >= 11 is 1.64. The molecule has 2 aromatic rings. The lowest BCUT2D eigenvalue weighted by molar-refractivity contribution is 0.109. The standard InChI is InChI=1S/C13H12O2S.C4H9NO/c1-2-15-13-10(9-14)5-3-6-11(13)12-7-4-8-16-12;1-3-6-4-2-5-1/h3-9H,2H2,1H3;5H,1-4H2. The predicted molar refractivity (Wildman–Crippen MR) is 90.0 cm³/mol. The van der Waals surface area contributed by atoms with E-state index in [1.54, 1.807) is 17.4 Å². The van der Waals surface area contributed by atoms with Crippen LogP contribution in [0, 0.1) is 0 Å². The topological polar surface area (TPSA) is 47.6 Å². The molecule has 0 aliphatic carbocycles. The van der Waals surface area contributed by atoms with Gasteiger partial charge in [-0.15, -0.1) is 11.3 Å². The Morgan fingerprint density at radius 2 is 2.09 bits per heavy atom. The SMILES string of the molecule is C1COCCN1.CCOc1c(C=O)cccc1-c1cccs1. The van der Waals surface area contributed by atoms with Crippen LogP contribution in [0.2, 0.25) is 0 Å². The second kappa shape index (κ2) is 9.35. The summed E-state index contributed by atoms with van der Waals surface area (Å²) in [6, 6.07) is 9.64. The minimum absolute atomic E-state index is 0.559. The maximum Gasteiger partial charge on any atom is 0.153 e. The van der Waals surface area contributed by atoms with E-state index in [2.05, 4.69) is 5.32 Å². The minimum atomic E-state index is 0.559. The highest BCUT2D eigenvalue weighted by Crippen LogP contribution is 2.35. The van der Waals surface area contributed by atoms with Crippen LogP contribution in [-0.2, 0) is 4.74 Å². The molecular formula is C17H21NO3S. The van der Waals surface area contributed by atoms with Crippen molar-refractivity contribution in [1.29, 1.82) is 0 Å². The zero-order valence-electron chi connectivity index (χ0n) is 12.7. The number of benzene rings is 1. The first-order valence-corrected chi connectivity index (χ1v) is 8.28. The molecule has 2 heterocycles. The molecule has 1 aromatic heterocycles. The number of thiophene rings is 1. The van der Waals surface area contributed by atoms with Crippen molar-refractivity contribution in [2.45, 2.75) is 6.92 Å². The number of nitrogens with one attached hydrogen (secondary N) is 1. The van der Waals surface area contributed by atoms with E-state index in [1.165, 1.54) is 0 Å². The van der Waals surface area contributed by atoms with Crippen molar-refractivity contribution < 1.29 is 14.3 Å². The Morgan fingerprint density at radius 1 is 1.27 bits per heavy atom. The van der Waals surface area contributed by atoms with E-state index >= 15 is 0 Å². The average Bonchev–Trinajstić information content (AvgIpc) is 3.12. The Kier molecular flexibility index (Phi) is 7.09. The lowest BCUT2D eigenvalue weighted by Gasteiger charge is -2.10. The van der Waals surface area contributed by atoms with E-state index < -0.39 is 0 Å². The Balaban J connectivity index is 0.000000246. The molecule has 1 saturated heterocycles. The van der Waals surface area contributed by atoms with Crippen LogP contribution < -0.4 is 10.1 Å². The van der Waals surface area contributed by atoms with Gasteiger partial charge in [0.25, 0.3) is 0 Å². The van der Waals surface area contributed by atoms with E-state index in [-0.39, 0.29) is 0 Å². The van der Waals surface area contributed by atoms with Gasteiger partial charge in [-0.2, -0.15) is 0 Å². The summed E-state index contributed by atoms with van der Waals surface area (Å²) in [6.07, 6.45) is 0.835. The van der Waals surface area contributed by atoms with Gasteiger partial charge >= 0.3 is 0 Å². The predicted octanol–water partition coefficient (Wildman–Crippen LogP) is 3.23. The molecule has 22 heavy (non-hydrogen) atoms. The minimum Gasteiger partial charge on any atom is -0.492 e. The lowest BCUT2D eigenvalue weighted by atomic mass is 10.1.